The van der Waals surface area contributed by atoms with Crippen molar-refractivity contribution < 1.29 is 0 Å². The second-order valence-corrected chi connectivity index (χ2v) is 6.18. The van der Waals surface area contributed by atoms with Gasteiger partial charge in [0.2, 0.25) is 0 Å². The van der Waals surface area contributed by atoms with Gasteiger partial charge < -0.3 is 0 Å². The average molecular weight is 288 g/mol. The molecule has 4 rings (SSSR count). The van der Waals surface area contributed by atoms with Gasteiger partial charge in [0, 0.05) is 11.6 Å². The Kier molecular flexibility index (Phi) is 3.03. The van der Waals surface area contributed by atoms with E-state index in [1.807, 2.05) is 6.07 Å². The summed E-state index contributed by atoms with van der Waals surface area (Å²) < 4.78 is 2.18. The maximum Gasteiger partial charge on any atom is 0.152 e. The Balaban J connectivity index is 1.76. The quantitative estimate of drug-likeness (QED) is 0.801. The summed E-state index contributed by atoms with van der Waals surface area (Å²) in [5.74, 6) is 4.66. The van der Waals surface area contributed by atoms with Gasteiger partial charge in [0.25, 0.3) is 0 Å². The van der Waals surface area contributed by atoms with E-state index in [0.29, 0.717) is 11.8 Å². The number of nitrogens with zero attached hydrogens (tertiary/aromatic N) is 3. The summed E-state index contributed by atoms with van der Waals surface area (Å²) in [6, 6.07) is 10.4. The van der Waals surface area contributed by atoms with E-state index in [4.69, 9.17) is 11.6 Å². The Morgan fingerprint density at radius 3 is 2.40 bits per heavy atom. The van der Waals surface area contributed by atoms with E-state index in [1.165, 1.54) is 25.7 Å². The van der Waals surface area contributed by atoms with E-state index in [0.717, 1.165) is 29.2 Å². The Morgan fingerprint density at radius 1 is 1.05 bits per heavy atom. The number of benzene rings is 1. The maximum absolute atomic E-state index is 6.05. The largest absolute Gasteiger partial charge is 0.282 e. The number of hydrogen-bond acceptors (Lipinski definition) is 2. The fourth-order valence-electron chi connectivity index (χ4n) is 3.87. The predicted octanol–water partition coefficient (Wildman–Crippen LogP) is 3.91. The lowest BCUT2D eigenvalue weighted by molar-refractivity contribution is 0.480. The molecule has 1 aromatic heterocycles. The fraction of sp³-hybridized carbons (Fsp3) is 0.500. The van der Waals surface area contributed by atoms with Gasteiger partial charge in [-0.3, -0.25) is 4.57 Å². The van der Waals surface area contributed by atoms with Crippen LogP contribution in [0.2, 0.25) is 0 Å². The highest BCUT2D eigenvalue weighted by Crippen LogP contribution is 2.60. The Bertz CT molecular complexity index is 595. The van der Waals surface area contributed by atoms with Crippen LogP contribution in [0.15, 0.2) is 30.3 Å². The molecule has 4 heteroatoms. The second-order valence-electron chi connectivity index (χ2n) is 5.92. The van der Waals surface area contributed by atoms with Crippen LogP contribution in [0.5, 0.6) is 0 Å². The van der Waals surface area contributed by atoms with Crippen LogP contribution in [0.3, 0.4) is 0 Å². The first-order chi connectivity index (χ1) is 9.90. The molecule has 3 nitrogen and oxygen atoms in total. The molecule has 1 aromatic carbocycles. The lowest BCUT2D eigenvalue weighted by Gasteiger charge is -2.09. The summed E-state index contributed by atoms with van der Waals surface area (Å²) >= 11 is 6.05. The number of aromatic nitrogens is 3. The molecule has 2 aliphatic rings. The Labute approximate surface area is 124 Å². The van der Waals surface area contributed by atoms with Gasteiger partial charge >= 0.3 is 0 Å². The summed E-state index contributed by atoms with van der Waals surface area (Å²) in [5.41, 5.74) is 1.13. The Morgan fingerprint density at radius 2 is 1.75 bits per heavy atom. The van der Waals surface area contributed by atoms with Gasteiger partial charge in [0.05, 0.1) is 5.88 Å². The molecular formula is C16H18ClN3. The number of alkyl halides is 1. The third-order valence-corrected chi connectivity index (χ3v) is 5.08. The van der Waals surface area contributed by atoms with Crippen molar-refractivity contribution in [3.05, 3.63) is 42.0 Å². The molecule has 1 heterocycles. The third kappa shape index (κ3) is 1.87. The summed E-state index contributed by atoms with van der Waals surface area (Å²) in [5, 5.41) is 8.79. The minimum Gasteiger partial charge on any atom is -0.282 e. The molecule has 0 amide bonds. The van der Waals surface area contributed by atoms with Crippen LogP contribution >= 0.6 is 11.6 Å². The van der Waals surface area contributed by atoms with Gasteiger partial charge in [0.15, 0.2) is 5.82 Å². The van der Waals surface area contributed by atoms with Crippen LogP contribution in [0.1, 0.15) is 43.3 Å². The highest BCUT2D eigenvalue weighted by molar-refractivity contribution is 6.16. The van der Waals surface area contributed by atoms with E-state index < -0.39 is 0 Å². The molecule has 20 heavy (non-hydrogen) atoms. The lowest BCUT2D eigenvalue weighted by atomic mass is 10.0. The summed E-state index contributed by atoms with van der Waals surface area (Å²) in [7, 11) is 0. The summed E-state index contributed by atoms with van der Waals surface area (Å²) in [4.78, 5) is 0. The molecule has 0 aliphatic heterocycles. The van der Waals surface area contributed by atoms with Gasteiger partial charge in [-0.15, -0.1) is 21.8 Å². The molecule has 0 N–H and O–H groups in total. The van der Waals surface area contributed by atoms with Crippen molar-refractivity contribution in [2.24, 2.45) is 11.8 Å². The minimum absolute atomic E-state index is 0.407. The molecule has 104 valence electrons. The second kappa shape index (κ2) is 4.88. The molecule has 2 atom stereocenters. The lowest BCUT2D eigenvalue weighted by Crippen LogP contribution is -2.04. The predicted molar refractivity (Wildman–Crippen MR) is 79.1 cm³/mol. The fourth-order valence-corrected chi connectivity index (χ4v) is 4.04. The Hall–Kier alpha value is -1.35. The maximum atomic E-state index is 6.05. The first kappa shape index (κ1) is 12.4. The van der Waals surface area contributed by atoms with Crippen molar-refractivity contribution >= 4 is 11.6 Å². The highest BCUT2D eigenvalue weighted by atomic mass is 35.5. The normalized spacial score (nSPS) is 28.1. The highest BCUT2D eigenvalue weighted by Gasteiger charge is 2.53. The molecule has 2 saturated carbocycles. The van der Waals surface area contributed by atoms with Gasteiger partial charge in [-0.1, -0.05) is 31.0 Å². The number of rotatable bonds is 3. The van der Waals surface area contributed by atoms with Gasteiger partial charge in [0.1, 0.15) is 5.82 Å². The summed E-state index contributed by atoms with van der Waals surface area (Å²) in [6.07, 6.45) is 5.46. The van der Waals surface area contributed by atoms with E-state index in [-0.39, 0.29) is 0 Å². The smallest absolute Gasteiger partial charge is 0.152 e. The molecule has 0 spiro atoms. The van der Waals surface area contributed by atoms with Crippen molar-refractivity contribution in [1.29, 1.82) is 0 Å². The van der Waals surface area contributed by atoms with E-state index in [1.54, 1.807) is 0 Å². The number of halogens is 1. The first-order valence-electron chi connectivity index (χ1n) is 7.45. The van der Waals surface area contributed by atoms with Crippen LogP contribution in [-0.2, 0) is 5.88 Å². The van der Waals surface area contributed by atoms with Crippen LogP contribution in [-0.4, -0.2) is 14.8 Å². The zero-order chi connectivity index (χ0) is 13.5. The van der Waals surface area contributed by atoms with Crippen molar-refractivity contribution in [1.82, 2.24) is 14.8 Å². The molecule has 0 radical (unpaired) electrons. The molecule has 0 bridgehead atoms. The van der Waals surface area contributed by atoms with Crippen LogP contribution < -0.4 is 0 Å². The van der Waals surface area contributed by atoms with Gasteiger partial charge in [-0.2, -0.15) is 0 Å². The third-order valence-electron chi connectivity index (χ3n) is 4.84. The van der Waals surface area contributed by atoms with E-state index >= 15 is 0 Å². The molecule has 0 saturated heterocycles. The van der Waals surface area contributed by atoms with Crippen molar-refractivity contribution in [3.8, 4) is 5.69 Å². The summed E-state index contributed by atoms with van der Waals surface area (Å²) in [6.45, 7) is 0. The van der Waals surface area contributed by atoms with E-state index in [9.17, 15) is 0 Å². The first-order valence-corrected chi connectivity index (χ1v) is 7.99. The molecular weight excluding hydrogens is 270 g/mol. The zero-order valence-electron chi connectivity index (χ0n) is 11.4. The number of para-hydroxylation sites is 1. The zero-order valence-corrected chi connectivity index (χ0v) is 12.1. The van der Waals surface area contributed by atoms with Crippen molar-refractivity contribution in [3.63, 3.8) is 0 Å². The molecule has 2 aliphatic carbocycles. The van der Waals surface area contributed by atoms with Crippen molar-refractivity contribution in [2.75, 3.05) is 0 Å². The topological polar surface area (TPSA) is 30.7 Å². The van der Waals surface area contributed by atoms with Gasteiger partial charge in [-0.05, 0) is 36.8 Å². The van der Waals surface area contributed by atoms with Crippen LogP contribution in [0.4, 0.5) is 0 Å². The molecule has 2 aromatic rings. The van der Waals surface area contributed by atoms with Gasteiger partial charge in [-0.25, -0.2) is 0 Å². The SMILES string of the molecule is ClCc1nnc(C2C3CCCCC32)n1-c1ccccc1. The number of fused-ring (bicyclic) bond motifs is 1. The van der Waals surface area contributed by atoms with Crippen LogP contribution in [0.25, 0.3) is 5.69 Å². The van der Waals surface area contributed by atoms with Crippen molar-refractivity contribution in [2.45, 2.75) is 37.5 Å². The molecule has 2 fully saturated rings. The van der Waals surface area contributed by atoms with E-state index in [2.05, 4.69) is 39.0 Å². The minimum atomic E-state index is 0.407. The molecule has 2 unspecified atom stereocenters. The average Bonchev–Trinajstić information content (AvgIpc) is 3.09. The monoisotopic (exact) mass is 287 g/mol. The van der Waals surface area contributed by atoms with Crippen LogP contribution in [0, 0.1) is 11.8 Å². The standard InChI is InChI=1S/C16H18ClN3/c17-10-14-18-19-16(15-12-8-4-5-9-13(12)15)20(14)11-6-2-1-3-7-11/h1-3,6-7,12-13,15H,4-5,8-10H2. The number of hydrogen-bond donors (Lipinski definition) is 0.